The largest absolute Gasteiger partial charge is 0.497 e. The van der Waals surface area contributed by atoms with E-state index in [0.717, 1.165) is 34.3 Å². The van der Waals surface area contributed by atoms with Crippen molar-refractivity contribution in [2.24, 2.45) is 0 Å². The third kappa shape index (κ3) is 2.79. The average Bonchev–Trinajstić information content (AvgIpc) is 3.04. The molecule has 4 rings (SSSR count). The second-order valence-corrected chi connectivity index (χ2v) is 8.52. The standard InChI is InChI=1S/C20H22N2O3S/c1-3-14-4-7-16(8-5-14)26(23,24)22-11-10-17-18-12-15(25-2)6-9-19(18)21-20(17)13-22/h4-9,12,21H,3,10-11,13H2,1-2H3. The molecule has 0 aliphatic carbocycles. The predicted molar refractivity (Wildman–Crippen MR) is 102 cm³/mol. The van der Waals surface area contributed by atoms with E-state index in [1.54, 1.807) is 23.5 Å². The molecule has 2 aromatic carbocycles. The van der Waals surface area contributed by atoms with E-state index in [1.165, 1.54) is 5.56 Å². The van der Waals surface area contributed by atoms with Gasteiger partial charge in [-0.1, -0.05) is 19.1 Å². The van der Waals surface area contributed by atoms with Crippen molar-refractivity contribution in [2.45, 2.75) is 31.2 Å². The molecule has 1 aliphatic heterocycles. The van der Waals surface area contributed by atoms with Gasteiger partial charge in [-0.05, 0) is 54.3 Å². The Hall–Kier alpha value is -2.31. The molecule has 26 heavy (non-hydrogen) atoms. The second-order valence-electron chi connectivity index (χ2n) is 6.58. The monoisotopic (exact) mass is 370 g/mol. The Morgan fingerprint density at radius 2 is 1.92 bits per heavy atom. The van der Waals surface area contributed by atoms with E-state index in [0.29, 0.717) is 24.4 Å². The Morgan fingerprint density at radius 1 is 1.15 bits per heavy atom. The van der Waals surface area contributed by atoms with Crippen molar-refractivity contribution in [2.75, 3.05) is 13.7 Å². The second kappa shape index (κ2) is 6.45. The van der Waals surface area contributed by atoms with E-state index in [-0.39, 0.29) is 0 Å². The summed E-state index contributed by atoms with van der Waals surface area (Å²) >= 11 is 0. The van der Waals surface area contributed by atoms with Crippen molar-refractivity contribution >= 4 is 20.9 Å². The molecule has 1 aromatic heterocycles. The van der Waals surface area contributed by atoms with Crippen LogP contribution in [-0.2, 0) is 29.4 Å². The van der Waals surface area contributed by atoms with Crippen molar-refractivity contribution in [3.05, 3.63) is 59.3 Å². The minimum absolute atomic E-state index is 0.357. The minimum atomic E-state index is -3.49. The van der Waals surface area contributed by atoms with Crippen LogP contribution in [0.15, 0.2) is 47.4 Å². The molecule has 2 heterocycles. The number of aryl methyl sites for hydroxylation is 1. The first-order chi connectivity index (χ1) is 12.5. The van der Waals surface area contributed by atoms with Gasteiger partial charge in [0.15, 0.2) is 0 Å². The highest BCUT2D eigenvalue weighted by atomic mass is 32.2. The Balaban J connectivity index is 1.67. The number of hydrogen-bond acceptors (Lipinski definition) is 3. The molecule has 0 fully saturated rings. The van der Waals surface area contributed by atoms with Crippen LogP contribution in [-0.4, -0.2) is 31.4 Å². The maximum Gasteiger partial charge on any atom is 0.243 e. The molecule has 3 aromatic rings. The van der Waals surface area contributed by atoms with Crippen LogP contribution in [0.4, 0.5) is 0 Å². The molecule has 136 valence electrons. The Bertz CT molecular complexity index is 1050. The smallest absolute Gasteiger partial charge is 0.243 e. The summed E-state index contributed by atoms with van der Waals surface area (Å²) in [4.78, 5) is 3.73. The van der Waals surface area contributed by atoms with Gasteiger partial charge in [0.2, 0.25) is 10.0 Å². The number of nitrogens with one attached hydrogen (secondary N) is 1. The molecule has 0 radical (unpaired) electrons. The van der Waals surface area contributed by atoms with Crippen molar-refractivity contribution < 1.29 is 13.2 Å². The highest BCUT2D eigenvalue weighted by Crippen LogP contribution is 2.32. The number of H-pyrrole nitrogens is 1. The molecule has 0 unspecified atom stereocenters. The fraction of sp³-hybridized carbons (Fsp3) is 0.300. The first-order valence-corrected chi connectivity index (χ1v) is 10.2. The van der Waals surface area contributed by atoms with Gasteiger partial charge in [0.05, 0.1) is 18.6 Å². The number of ether oxygens (including phenoxy) is 1. The highest BCUT2D eigenvalue weighted by molar-refractivity contribution is 7.89. The van der Waals surface area contributed by atoms with Crippen LogP contribution >= 0.6 is 0 Å². The molecular formula is C20H22N2O3S. The fourth-order valence-electron chi connectivity index (χ4n) is 3.57. The van der Waals surface area contributed by atoms with Gasteiger partial charge in [0, 0.05) is 23.1 Å². The van der Waals surface area contributed by atoms with E-state index in [9.17, 15) is 8.42 Å². The number of benzene rings is 2. The highest BCUT2D eigenvalue weighted by Gasteiger charge is 2.30. The molecular weight excluding hydrogens is 348 g/mol. The molecule has 0 amide bonds. The number of aromatic nitrogens is 1. The molecule has 1 N–H and O–H groups in total. The van der Waals surface area contributed by atoms with Gasteiger partial charge in [-0.2, -0.15) is 4.31 Å². The van der Waals surface area contributed by atoms with E-state index < -0.39 is 10.0 Å². The molecule has 1 aliphatic rings. The molecule has 0 atom stereocenters. The average molecular weight is 370 g/mol. The summed E-state index contributed by atoms with van der Waals surface area (Å²) in [6.45, 7) is 2.90. The Morgan fingerprint density at radius 3 is 2.62 bits per heavy atom. The van der Waals surface area contributed by atoms with Gasteiger partial charge in [-0.15, -0.1) is 0 Å². The van der Waals surface area contributed by atoms with E-state index in [1.807, 2.05) is 30.3 Å². The van der Waals surface area contributed by atoms with Crippen molar-refractivity contribution in [1.82, 2.24) is 9.29 Å². The van der Waals surface area contributed by atoms with Crippen LogP contribution in [0.1, 0.15) is 23.7 Å². The topological polar surface area (TPSA) is 62.4 Å². The van der Waals surface area contributed by atoms with Crippen LogP contribution in [0.5, 0.6) is 5.75 Å². The van der Waals surface area contributed by atoms with Gasteiger partial charge in [0.25, 0.3) is 0 Å². The van der Waals surface area contributed by atoms with Crippen LogP contribution < -0.4 is 4.74 Å². The predicted octanol–water partition coefficient (Wildman–Crippen LogP) is 3.49. The Kier molecular flexibility index (Phi) is 4.25. The molecule has 5 nitrogen and oxygen atoms in total. The van der Waals surface area contributed by atoms with Gasteiger partial charge in [-0.3, -0.25) is 0 Å². The summed E-state index contributed by atoms with van der Waals surface area (Å²) in [5, 5.41) is 1.11. The normalized spacial score (nSPS) is 15.2. The summed E-state index contributed by atoms with van der Waals surface area (Å²) in [6.07, 6.45) is 1.58. The lowest BCUT2D eigenvalue weighted by molar-refractivity contribution is 0.388. The van der Waals surface area contributed by atoms with Gasteiger partial charge in [-0.25, -0.2) is 8.42 Å². The number of fused-ring (bicyclic) bond motifs is 3. The quantitative estimate of drug-likeness (QED) is 0.765. The van der Waals surface area contributed by atoms with E-state index >= 15 is 0 Å². The van der Waals surface area contributed by atoms with Crippen LogP contribution in [0.25, 0.3) is 10.9 Å². The Labute approximate surface area is 153 Å². The maximum atomic E-state index is 13.0. The summed E-state index contributed by atoms with van der Waals surface area (Å²) in [6, 6.07) is 13.1. The molecule has 6 heteroatoms. The number of rotatable bonds is 4. The summed E-state index contributed by atoms with van der Waals surface area (Å²) in [7, 11) is -1.84. The van der Waals surface area contributed by atoms with E-state index in [2.05, 4.69) is 11.9 Å². The van der Waals surface area contributed by atoms with Gasteiger partial charge in [0.1, 0.15) is 5.75 Å². The van der Waals surface area contributed by atoms with Crippen LogP contribution in [0.3, 0.4) is 0 Å². The first-order valence-electron chi connectivity index (χ1n) is 8.79. The molecule has 0 bridgehead atoms. The summed E-state index contributed by atoms with van der Waals surface area (Å²) in [5.41, 5.74) is 4.30. The minimum Gasteiger partial charge on any atom is -0.497 e. The molecule has 0 saturated carbocycles. The lowest BCUT2D eigenvalue weighted by atomic mass is 10.0. The summed E-state index contributed by atoms with van der Waals surface area (Å²) in [5.74, 6) is 0.811. The molecule has 0 saturated heterocycles. The third-order valence-corrected chi connectivity index (χ3v) is 6.98. The zero-order valence-corrected chi connectivity index (χ0v) is 15.8. The zero-order chi connectivity index (χ0) is 18.3. The lowest BCUT2D eigenvalue weighted by Crippen LogP contribution is -2.35. The third-order valence-electron chi connectivity index (χ3n) is 5.12. The lowest BCUT2D eigenvalue weighted by Gasteiger charge is -2.26. The van der Waals surface area contributed by atoms with Crippen LogP contribution in [0.2, 0.25) is 0 Å². The zero-order valence-electron chi connectivity index (χ0n) is 15.0. The number of hydrogen-bond donors (Lipinski definition) is 1. The van der Waals surface area contributed by atoms with Gasteiger partial charge < -0.3 is 9.72 Å². The van der Waals surface area contributed by atoms with Crippen molar-refractivity contribution in [3.63, 3.8) is 0 Å². The number of aromatic amines is 1. The maximum absolute atomic E-state index is 13.0. The fourth-order valence-corrected chi connectivity index (χ4v) is 4.98. The first kappa shape index (κ1) is 17.1. The SMILES string of the molecule is CCc1ccc(S(=O)(=O)N2CCc3c([nH]c4ccc(OC)cc34)C2)cc1. The summed E-state index contributed by atoms with van der Waals surface area (Å²) < 4.78 is 32.9. The number of sulfonamides is 1. The van der Waals surface area contributed by atoms with Gasteiger partial charge >= 0.3 is 0 Å². The van der Waals surface area contributed by atoms with E-state index in [4.69, 9.17) is 4.74 Å². The van der Waals surface area contributed by atoms with Crippen molar-refractivity contribution in [3.8, 4) is 5.75 Å². The molecule has 0 spiro atoms. The number of nitrogens with zero attached hydrogens (tertiary/aromatic N) is 1. The number of methoxy groups -OCH3 is 1. The van der Waals surface area contributed by atoms with Crippen molar-refractivity contribution in [1.29, 1.82) is 0 Å². The van der Waals surface area contributed by atoms with Crippen LogP contribution in [0, 0.1) is 0 Å².